The maximum Gasteiger partial charge on any atom is 0.309 e. The summed E-state index contributed by atoms with van der Waals surface area (Å²) in [4.78, 5) is 16.1. The van der Waals surface area contributed by atoms with Crippen LogP contribution < -0.4 is 0 Å². The number of carbonyl (C=O) groups is 1. The number of halogens is 1. The van der Waals surface area contributed by atoms with Crippen LogP contribution in [0.25, 0.3) is 5.69 Å². The molecule has 1 aliphatic heterocycles. The number of ether oxygens (including phenoxy) is 2. The highest BCUT2D eigenvalue weighted by Gasteiger charge is 2.27. The first-order chi connectivity index (χ1) is 11.2. The first kappa shape index (κ1) is 15.6. The van der Waals surface area contributed by atoms with Gasteiger partial charge in [-0.1, -0.05) is 6.07 Å². The molecular weight excluding hydrogens is 301 g/mol. The number of esters is 1. The molecule has 0 amide bonds. The first-order valence-electron chi connectivity index (χ1n) is 7.58. The van der Waals surface area contributed by atoms with Crippen molar-refractivity contribution < 1.29 is 18.7 Å². The Morgan fingerprint density at radius 1 is 1.43 bits per heavy atom. The minimum absolute atomic E-state index is 0.187. The Bertz CT molecular complexity index is 669. The SMILES string of the molecule is C[C@@H](OC(=O)C1CCOCC1)c1c(F)cccc1-n1cncn1. The van der Waals surface area contributed by atoms with E-state index in [1.54, 1.807) is 19.1 Å². The maximum atomic E-state index is 14.3. The van der Waals surface area contributed by atoms with Gasteiger partial charge in [0.05, 0.1) is 17.2 Å². The molecule has 0 N–H and O–H groups in total. The largest absolute Gasteiger partial charge is 0.457 e. The Morgan fingerprint density at radius 3 is 2.91 bits per heavy atom. The third kappa shape index (κ3) is 3.39. The number of benzene rings is 1. The van der Waals surface area contributed by atoms with E-state index >= 15 is 0 Å². The normalized spacial score (nSPS) is 17.0. The van der Waals surface area contributed by atoms with Crippen molar-refractivity contribution in [3.05, 3.63) is 42.2 Å². The smallest absolute Gasteiger partial charge is 0.309 e. The lowest BCUT2D eigenvalue weighted by molar-refractivity contribution is -0.156. The van der Waals surface area contributed by atoms with Crippen molar-refractivity contribution in [3.63, 3.8) is 0 Å². The number of carbonyl (C=O) groups excluding carboxylic acids is 1. The average Bonchev–Trinajstić information content (AvgIpc) is 3.09. The molecule has 0 radical (unpaired) electrons. The molecule has 0 bridgehead atoms. The van der Waals surface area contributed by atoms with Crippen molar-refractivity contribution in [2.75, 3.05) is 13.2 Å². The molecule has 0 saturated carbocycles. The van der Waals surface area contributed by atoms with E-state index in [0.717, 1.165) is 0 Å². The van der Waals surface area contributed by atoms with E-state index in [2.05, 4.69) is 10.1 Å². The number of aromatic nitrogens is 3. The van der Waals surface area contributed by atoms with E-state index in [4.69, 9.17) is 9.47 Å². The third-order valence-corrected chi connectivity index (χ3v) is 3.95. The van der Waals surface area contributed by atoms with Crippen molar-refractivity contribution in [3.8, 4) is 5.69 Å². The molecule has 23 heavy (non-hydrogen) atoms. The standard InChI is InChI=1S/C16H18FN3O3/c1-11(23-16(21)12-5-7-22-8-6-12)15-13(17)3-2-4-14(15)20-10-18-9-19-20/h2-4,9-12H,5-8H2,1H3/t11-/m1/s1. The zero-order valence-corrected chi connectivity index (χ0v) is 12.8. The minimum atomic E-state index is -0.717. The lowest BCUT2D eigenvalue weighted by Gasteiger charge is -2.24. The van der Waals surface area contributed by atoms with E-state index in [-0.39, 0.29) is 11.9 Å². The van der Waals surface area contributed by atoms with Crippen LogP contribution in [0.4, 0.5) is 4.39 Å². The molecular formula is C16H18FN3O3. The molecule has 1 aliphatic rings. The van der Waals surface area contributed by atoms with Gasteiger partial charge in [-0.05, 0) is 31.9 Å². The van der Waals surface area contributed by atoms with Gasteiger partial charge < -0.3 is 9.47 Å². The first-order valence-corrected chi connectivity index (χ1v) is 7.58. The van der Waals surface area contributed by atoms with Crippen LogP contribution in [0.5, 0.6) is 0 Å². The van der Waals surface area contributed by atoms with Gasteiger partial charge in [-0.25, -0.2) is 14.1 Å². The number of rotatable bonds is 4. The van der Waals surface area contributed by atoms with Crippen LogP contribution >= 0.6 is 0 Å². The van der Waals surface area contributed by atoms with Gasteiger partial charge in [0.1, 0.15) is 24.6 Å². The van der Waals surface area contributed by atoms with Crippen molar-refractivity contribution >= 4 is 5.97 Å². The second-order valence-corrected chi connectivity index (χ2v) is 5.48. The Labute approximate surface area is 133 Å². The zero-order chi connectivity index (χ0) is 16.2. The zero-order valence-electron chi connectivity index (χ0n) is 12.8. The summed E-state index contributed by atoms with van der Waals surface area (Å²) in [6.45, 7) is 2.77. The summed E-state index contributed by atoms with van der Waals surface area (Å²) < 4.78 is 26.5. The molecule has 1 atom stereocenters. The molecule has 1 fully saturated rings. The molecule has 6 nitrogen and oxygen atoms in total. The molecule has 3 rings (SSSR count). The summed E-state index contributed by atoms with van der Waals surface area (Å²) in [6, 6.07) is 4.64. The molecule has 7 heteroatoms. The van der Waals surface area contributed by atoms with Crippen LogP contribution in [0, 0.1) is 11.7 Å². The van der Waals surface area contributed by atoms with Crippen LogP contribution in [0.15, 0.2) is 30.9 Å². The average molecular weight is 319 g/mol. The summed E-state index contributed by atoms with van der Waals surface area (Å²) in [5.74, 6) is -0.938. The topological polar surface area (TPSA) is 66.2 Å². The fraction of sp³-hybridized carbons (Fsp3) is 0.438. The molecule has 1 aromatic carbocycles. The van der Waals surface area contributed by atoms with Crippen molar-refractivity contribution in [2.45, 2.75) is 25.9 Å². The Kier molecular flexibility index (Phi) is 4.66. The van der Waals surface area contributed by atoms with Gasteiger partial charge in [-0.15, -0.1) is 0 Å². The fourth-order valence-corrected chi connectivity index (χ4v) is 2.72. The minimum Gasteiger partial charge on any atom is -0.457 e. The number of hydrogen-bond donors (Lipinski definition) is 0. The number of hydrogen-bond acceptors (Lipinski definition) is 5. The third-order valence-electron chi connectivity index (χ3n) is 3.95. The summed E-state index contributed by atoms with van der Waals surface area (Å²) in [6.07, 6.45) is 3.40. The second-order valence-electron chi connectivity index (χ2n) is 5.48. The van der Waals surface area contributed by atoms with E-state index in [0.29, 0.717) is 37.3 Å². The van der Waals surface area contributed by atoms with Crippen LogP contribution in [0.2, 0.25) is 0 Å². The van der Waals surface area contributed by atoms with Gasteiger partial charge >= 0.3 is 5.97 Å². The maximum absolute atomic E-state index is 14.3. The predicted octanol–water partition coefficient (Wildman–Crippen LogP) is 2.44. The summed E-state index contributed by atoms with van der Waals surface area (Å²) in [5, 5.41) is 4.02. The van der Waals surface area contributed by atoms with Gasteiger partial charge in [-0.2, -0.15) is 5.10 Å². The van der Waals surface area contributed by atoms with E-state index in [9.17, 15) is 9.18 Å². The monoisotopic (exact) mass is 319 g/mol. The quantitative estimate of drug-likeness (QED) is 0.810. The van der Waals surface area contributed by atoms with E-state index in [1.165, 1.54) is 23.4 Å². The van der Waals surface area contributed by atoms with Gasteiger partial charge in [0, 0.05) is 13.2 Å². The Balaban J connectivity index is 1.81. The molecule has 2 aromatic rings. The van der Waals surface area contributed by atoms with Crippen LogP contribution in [0.3, 0.4) is 0 Å². The molecule has 0 unspecified atom stereocenters. The highest BCUT2D eigenvalue weighted by molar-refractivity contribution is 5.73. The highest BCUT2D eigenvalue weighted by atomic mass is 19.1. The lowest BCUT2D eigenvalue weighted by atomic mass is 10.0. The van der Waals surface area contributed by atoms with Crippen LogP contribution in [0.1, 0.15) is 31.4 Å². The van der Waals surface area contributed by atoms with Gasteiger partial charge in [0.25, 0.3) is 0 Å². The molecule has 1 saturated heterocycles. The highest BCUT2D eigenvalue weighted by Crippen LogP contribution is 2.28. The van der Waals surface area contributed by atoms with Gasteiger partial charge in [0.15, 0.2) is 0 Å². The van der Waals surface area contributed by atoms with Crippen LogP contribution in [-0.4, -0.2) is 33.9 Å². The van der Waals surface area contributed by atoms with Crippen LogP contribution in [-0.2, 0) is 14.3 Å². The molecule has 2 heterocycles. The lowest BCUT2D eigenvalue weighted by Crippen LogP contribution is -2.26. The Morgan fingerprint density at radius 2 is 2.22 bits per heavy atom. The predicted molar refractivity (Wildman–Crippen MR) is 79.4 cm³/mol. The van der Waals surface area contributed by atoms with Gasteiger partial charge in [-0.3, -0.25) is 4.79 Å². The summed E-state index contributed by atoms with van der Waals surface area (Å²) in [7, 11) is 0. The molecule has 0 aliphatic carbocycles. The second kappa shape index (κ2) is 6.87. The Hall–Kier alpha value is -2.28. The summed E-state index contributed by atoms with van der Waals surface area (Å²) >= 11 is 0. The molecule has 0 spiro atoms. The van der Waals surface area contributed by atoms with Gasteiger partial charge in [0.2, 0.25) is 0 Å². The molecule has 122 valence electrons. The van der Waals surface area contributed by atoms with Crippen molar-refractivity contribution in [1.82, 2.24) is 14.8 Å². The van der Waals surface area contributed by atoms with E-state index < -0.39 is 11.9 Å². The molecule has 1 aromatic heterocycles. The van der Waals surface area contributed by atoms with Crippen molar-refractivity contribution in [2.24, 2.45) is 5.92 Å². The summed E-state index contributed by atoms with van der Waals surface area (Å²) in [5.41, 5.74) is 0.799. The van der Waals surface area contributed by atoms with E-state index in [1.807, 2.05) is 0 Å². The number of nitrogens with zero attached hydrogens (tertiary/aromatic N) is 3. The van der Waals surface area contributed by atoms with Crippen molar-refractivity contribution in [1.29, 1.82) is 0 Å². The fourth-order valence-electron chi connectivity index (χ4n) is 2.72.